The molecule has 0 saturated carbocycles. The number of carbonyl (C=O) groups is 1. The fourth-order valence-corrected chi connectivity index (χ4v) is 3.52. The molecule has 3 nitrogen and oxygen atoms in total. The molecule has 1 aromatic carbocycles. The van der Waals surface area contributed by atoms with Crippen molar-refractivity contribution >= 4 is 17.7 Å². The molecule has 0 aliphatic heterocycles. The molecule has 25 heavy (non-hydrogen) atoms. The molecule has 0 amide bonds. The molecule has 0 saturated heterocycles. The highest BCUT2D eigenvalue weighted by Gasteiger charge is 2.02. The molecule has 0 heterocycles. The second-order valence-corrected chi connectivity index (χ2v) is 7.70. The minimum absolute atomic E-state index is 0.294. The van der Waals surface area contributed by atoms with Crippen LogP contribution in [-0.4, -0.2) is 29.2 Å². The van der Waals surface area contributed by atoms with Gasteiger partial charge >= 0.3 is 5.97 Å². The number of carboxylic acid groups (broad SMARTS) is 1. The normalized spacial score (nSPS) is 10.8. The van der Waals surface area contributed by atoms with E-state index in [2.05, 4.69) is 6.92 Å². The van der Waals surface area contributed by atoms with Gasteiger partial charge in [-0.2, -0.15) is 11.8 Å². The lowest BCUT2D eigenvalue weighted by atomic mass is 10.1. The van der Waals surface area contributed by atoms with E-state index in [1.54, 1.807) is 24.3 Å². The molecule has 0 aliphatic rings. The number of aromatic carboxylic acids is 1. The van der Waals surface area contributed by atoms with Crippen LogP contribution in [0.3, 0.4) is 0 Å². The Balaban J connectivity index is 1.85. The molecular weight excluding hydrogens is 332 g/mol. The molecule has 0 unspecified atom stereocenters. The van der Waals surface area contributed by atoms with E-state index in [1.165, 1.54) is 70.0 Å². The van der Waals surface area contributed by atoms with Crippen molar-refractivity contribution in [3.63, 3.8) is 0 Å². The van der Waals surface area contributed by atoms with Crippen LogP contribution in [0, 0.1) is 0 Å². The average molecular weight is 367 g/mol. The fourth-order valence-electron chi connectivity index (χ4n) is 2.71. The van der Waals surface area contributed by atoms with Gasteiger partial charge in [0.05, 0.1) is 12.2 Å². The maximum Gasteiger partial charge on any atom is 0.335 e. The zero-order chi connectivity index (χ0) is 18.2. The van der Waals surface area contributed by atoms with Gasteiger partial charge < -0.3 is 9.84 Å². The molecule has 142 valence electrons. The third kappa shape index (κ3) is 11.9. The average Bonchev–Trinajstić information content (AvgIpc) is 2.62. The van der Waals surface area contributed by atoms with Gasteiger partial charge in [0, 0.05) is 5.75 Å². The monoisotopic (exact) mass is 366 g/mol. The molecule has 0 radical (unpaired) electrons. The molecule has 4 heteroatoms. The van der Waals surface area contributed by atoms with E-state index in [9.17, 15) is 4.79 Å². The number of carboxylic acids is 1. The number of hydrogen-bond acceptors (Lipinski definition) is 3. The van der Waals surface area contributed by atoms with Crippen molar-refractivity contribution < 1.29 is 14.6 Å². The van der Waals surface area contributed by atoms with Crippen molar-refractivity contribution in [1.82, 2.24) is 0 Å². The van der Waals surface area contributed by atoms with E-state index < -0.39 is 5.97 Å². The van der Waals surface area contributed by atoms with Crippen molar-refractivity contribution in [2.75, 3.05) is 18.1 Å². The predicted molar refractivity (Wildman–Crippen MR) is 108 cm³/mol. The Kier molecular flexibility index (Phi) is 13.2. The van der Waals surface area contributed by atoms with Gasteiger partial charge in [-0.1, -0.05) is 64.7 Å². The summed E-state index contributed by atoms with van der Waals surface area (Å²) in [5.74, 6) is 2.03. The Morgan fingerprint density at radius 2 is 1.44 bits per heavy atom. The van der Waals surface area contributed by atoms with Crippen LogP contribution in [0.1, 0.15) is 81.5 Å². The van der Waals surface area contributed by atoms with Crippen molar-refractivity contribution in [1.29, 1.82) is 0 Å². The quantitative estimate of drug-likeness (QED) is 0.343. The van der Waals surface area contributed by atoms with Crippen LogP contribution in [-0.2, 0) is 0 Å². The summed E-state index contributed by atoms with van der Waals surface area (Å²) < 4.78 is 5.63. The van der Waals surface area contributed by atoms with Gasteiger partial charge in [-0.3, -0.25) is 0 Å². The van der Waals surface area contributed by atoms with Crippen LogP contribution in [0.25, 0.3) is 0 Å². The summed E-state index contributed by atoms with van der Waals surface area (Å²) in [6.07, 6.45) is 13.8. The molecule has 0 bridgehead atoms. The summed E-state index contributed by atoms with van der Waals surface area (Å²) in [7, 11) is 0. The third-order valence-corrected chi connectivity index (χ3v) is 5.27. The van der Waals surface area contributed by atoms with Gasteiger partial charge in [-0.25, -0.2) is 4.79 Å². The number of hydrogen-bond donors (Lipinski definition) is 1. The van der Waals surface area contributed by atoms with E-state index in [4.69, 9.17) is 9.84 Å². The van der Waals surface area contributed by atoms with Gasteiger partial charge in [0.15, 0.2) is 0 Å². The summed E-state index contributed by atoms with van der Waals surface area (Å²) in [5.41, 5.74) is 0.294. The first kappa shape index (κ1) is 21.9. The second-order valence-electron chi connectivity index (χ2n) is 6.47. The summed E-state index contributed by atoms with van der Waals surface area (Å²) in [4.78, 5) is 10.8. The lowest BCUT2D eigenvalue weighted by molar-refractivity contribution is 0.0697. The van der Waals surface area contributed by atoms with E-state index in [1.807, 2.05) is 11.8 Å². The predicted octanol–water partition coefficient (Wildman–Crippen LogP) is 6.42. The second kappa shape index (κ2) is 15.1. The first-order valence-electron chi connectivity index (χ1n) is 9.78. The maximum absolute atomic E-state index is 10.8. The number of rotatable bonds is 16. The SMILES string of the molecule is CCCCCCCCCCCCSCCOc1ccc(C(=O)O)cc1. The highest BCUT2D eigenvalue weighted by Crippen LogP contribution is 2.14. The Bertz CT molecular complexity index is 445. The van der Waals surface area contributed by atoms with Crippen LogP contribution in [0.5, 0.6) is 5.75 Å². The number of benzene rings is 1. The van der Waals surface area contributed by atoms with Gasteiger partial charge in [0.1, 0.15) is 5.75 Å². The summed E-state index contributed by atoms with van der Waals surface area (Å²) >= 11 is 1.94. The van der Waals surface area contributed by atoms with Crippen LogP contribution >= 0.6 is 11.8 Å². The maximum atomic E-state index is 10.8. The Morgan fingerprint density at radius 1 is 0.880 bits per heavy atom. The summed E-state index contributed by atoms with van der Waals surface area (Å²) in [6, 6.07) is 6.59. The first-order chi connectivity index (χ1) is 12.2. The lowest BCUT2D eigenvalue weighted by Crippen LogP contribution is -2.01. The number of unbranched alkanes of at least 4 members (excludes halogenated alkanes) is 9. The van der Waals surface area contributed by atoms with Gasteiger partial charge in [0.25, 0.3) is 0 Å². The Morgan fingerprint density at radius 3 is 2.00 bits per heavy atom. The standard InChI is InChI=1S/C21H34O3S/c1-2-3-4-5-6-7-8-9-10-11-17-25-18-16-24-20-14-12-19(13-15-20)21(22)23/h12-15H,2-11,16-18H2,1H3,(H,22,23). The smallest absolute Gasteiger partial charge is 0.335 e. The lowest BCUT2D eigenvalue weighted by Gasteiger charge is -2.06. The molecule has 0 aromatic heterocycles. The van der Waals surface area contributed by atoms with Crippen molar-refractivity contribution in [2.24, 2.45) is 0 Å². The van der Waals surface area contributed by atoms with Crippen molar-refractivity contribution in [3.05, 3.63) is 29.8 Å². The van der Waals surface area contributed by atoms with E-state index in [0.29, 0.717) is 12.2 Å². The fraction of sp³-hybridized carbons (Fsp3) is 0.667. The Hall–Kier alpha value is -1.16. The molecule has 0 spiro atoms. The highest BCUT2D eigenvalue weighted by molar-refractivity contribution is 7.99. The Labute approximate surface area is 157 Å². The zero-order valence-corrected chi connectivity index (χ0v) is 16.5. The van der Waals surface area contributed by atoms with Crippen LogP contribution < -0.4 is 4.74 Å². The van der Waals surface area contributed by atoms with Crippen molar-refractivity contribution in [2.45, 2.75) is 71.1 Å². The molecule has 1 N–H and O–H groups in total. The third-order valence-electron chi connectivity index (χ3n) is 4.24. The number of ether oxygens (including phenoxy) is 1. The minimum atomic E-state index is -0.904. The molecular formula is C21H34O3S. The van der Waals surface area contributed by atoms with Crippen LogP contribution in [0.2, 0.25) is 0 Å². The van der Waals surface area contributed by atoms with Crippen molar-refractivity contribution in [3.8, 4) is 5.75 Å². The van der Waals surface area contributed by atoms with Gasteiger partial charge in [-0.15, -0.1) is 0 Å². The highest BCUT2D eigenvalue weighted by atomic mass is 32.2. The zero-order valence-electron chi connectivity index (χ0n) is 15.7. The molecule has 0 atom stereocenters. The van der Waals surface area contributed by atoms with Crippen LogP contribution in [0.4, 0.5) is 0 Å². The summed E-state index contributed by atoms with van der Waals surface area (Å²) in [5, 5.41) is 8.84. The molecule has 1 aromatic rings. The largest absolute Gasteiger partial charge is 0.493 e. The first-order valence-corrected chi connectivity index (χ1v) is 10.9. The summed E-state index contributed by atoms with van der Waals surface area (Å²) in [6.45, 7) is 2.94. The number of thioether (sulfide) groups is 1. The molecule has 0 fully saturated rings. The van der Waals surface area contributed by atoms with Gasteiger partial charge in [0.2, 0.25) is 0 Å². The van der Waals surface area contributed by atoms with Crippen LogP contribution in [0.15, 0.2) is 24.3 Å². The molecule has 0 aliphatic carbocycles. The van der Waals surface area contributed by atoms with E-state index >= 15 is 0 Å². The van der Waals surface area contributed by atoms with E-state index in [-0.39, 0.29) is 0 Å². The van der Waals surface area contributed by atoms with Gasteiger partial charge in [-0.05, 0) is 36.4 Å². The van der Waals surface area contributed by atoms with E-state index in [0.717, 1.165) is 11.5 Å². The molecule has 1 rings (SSSR count). The minimum Gasteiger partial charge on any atom is -0.493 e. The topological polar surface area (TPSA) is 46.5 Å².